The van der Waals surface area contributed by atoms with Gasteiger partial charge in [-0.05, 0) is 36.5 Å². The van der Waals surface area contributed by atoms with Gasteiger partial charge in [-0.2, -0.15) is 0 Å². The quantitative estimate of drug-likeness (QED) is 0.375. The highest BCUT2D eigenvalue weighted by molar-refractivity contribution is 5.94. The molecule has 138 valence electrons. The van der Waals surface area contributed by atoms with Crippen LogP contribution in [0.15, 0.2) is 48.6 Å². The highest BCUT2D eigenvalue weighted by atomic mass is 16.6. The first-order valence-corrected chi connectivity index (χ1v) is 8.91. The molecule has 0 saturated heterocycles. The summed E-state index contributed by atoms with van der Waals surface area (Å²) in [4.78, 5) is 23.5. The van der Waals surface area contributed by atoms with Crippen LogP contribution in [0.2, 0.25) is 0 Å². The highest BCUT2D eigenvalue weighted by Crippen LogP contribution is 2.52. The van der Waals surface area contributed by atoms with Gasteiger partial charge in [0.2, 0.25) is 0 Å². The zero-order valence-corrected chi connectivity index (χ0v) is 15.1. The largest absolute Gasteiger partial charge is 0.465 e. The van der Waals surface area contributed by atoms with E-state index in [9.17, 15) is 14.9 Å². The molecule has 0 unspecified atom stereocenters. The first-order valence-electron chi connectivity index (χ1n) is 8.91. The molecule has 1 aliphatic carbocycles. The number of carbonyl (C=O) groups excluding carboxylic acids is 1. The van der Waals surface area contributed by atoms with Crippen molar-refractivity contribution in [3.05, 3.63) is 80.9 Å². The average Bonchev–Trinajstić information content (AvgIpc) is 3.17. The Labute approximate surface area is 157 Å². The second kappa shape index (κ2) is 6.54. The van der Waals surface area contributed by atoms with Crippen LogP contribution >= 0.6 is 0 Å². The summed E-state index contributed by atoms with van der Waals surface area (Å²) in [5.74, 6) is -0.250. The number of fused-ring (bicyclic) bond motifs is 3. The number of nitro groups is 1. The van der Waals surface area contributed by atoms with Crippen molar-refractivity contribution in [2.45, 2.75) is 25.3 Å². The lowest BCUT2D eigenvalue weighted by molar-refractivity contribution is -0.385. The Morgan fingerprint density at radius 1 is 1.26 bits per heavy atom. The molecule has 0 spiro atoms. The van der Waals surface area contributed by atoms with Crippen LogP contribution in [0.25, 0.3) is 0 Å². The molecule has 0 radical (unpaired) electrons. The summed E-state index contributed by atoms with van der Waals surface area (Å²) in [6.45, 7) is 1.97. The molecule has 2 aromatic rings. The Morgan fingerprint density at radius 3 is 2.78 bits per heavy atom. The Hall–Kier alpha value is -3.15. The van der Waals surface area contributed by atoms with Crippen LogP contribution in [0.4, 0.5) is 11.4 Å². The van der Waals surface area contributed by atoms with Crippen molar-refractivity contribution in [1.82, 2.24) is 0 Å². The maximum atomic E-state index is 12.3. The molecule has 0 saturated carbocycles. The van der Waals surface area contributed by atoms with Gasteiger partial charge in [0.15, 0.2) is 0 Å². The zero-order chi connectivity index (χ0) is 19.1. The summed E-state index contributed by atoms with van der Waals surface area (Å²) in [6, 6.07) is 10.4. The van der Waals surface area contributed by atoms with Gasteiger partial charge in [-0.3, -0.25) is 10.1 Å². The fraction of sp³-hybridized carbons (Fsp3) is 0.286. The number of esters is 1. The number of nitro benzene ring substituents is 1. The lowest BCUT2D eigenvalue weighted by Crippen LogP contribution is -2.31. The second-order valence-electron chi connectivity index (χ2n) is 7.00. The monoisotopic (exact) mass is 364 g/mol. The molecule has 6 heteroatoms. The summed E-state index contributed by atoms with van der Waals surface area (Å²) in [5.41, 5.74) is 4.14. The van der Waals surface area contributed by atoms with Crippen LogP contribution in [0.3, 0.4) is 0 Å². The molecule has 2 aliphatic rings. The number of hydrogen-bond donors (Lipinski definition) is 1. The van der Waals surface area contributed by atoms with Gasteiger partial charge in [-0.1, -0.05) is 36.4 Å². The van der Waals surface area contributed by atoms with E-state index >= 15 is 0 Å². The van der Waals surface area contributed by atoms with E-state index in [0.717, 1.165) is 23.2 Å². The minimum Gasteiger partial charge on any atom is -0.465 e. The van der Waals surface area contributed by atoms with Crippen molar-refractivity contribution >= 4 is 17.3 Å². The first-order chi connectivity index (χ1) is 13.0. The second-order valence-corrected chi connectivity index (χ2v) is 7.00. The van der Waals surface area contributed by atoms with Crippen LogP contribution in [0, 0.1) is 23.0 Å². The van der Waals surface area contributed by atoms with E-state index in [1.165, 1.54) is 7.11 Å². The molecule has 6 nitrogen and oxygen atoms in total. The van der Waals surface area contributed by atoms with E-state index < -0.39 is 0 Å². The molecule has 4 rings (SSSR count). The molecule has 1 heterocycles. The topological polar surface area (TPSA) is 81.5 Å². The van der Waals surface area contributed by atoms with Crippen LogP contribution in [0.1, 0.15) is 45.4 Å². The van der Waals surface area contributed by atoms with Crippen LogP contribution in [-0.4, -0.2) is 18.0 Å². The van der Waals surface area contributed by atoms with Gasteiger partial charge >= 0.3 is 5.97 Å². The number of nitrogens with zero attached hydrogens (tertiary/aromatic N) is 1. The minimum atomic E-state index is -0.365. The Bertz CT molecular complexity index is 967. The van der Waals surface area contributed by atoms with Crippen molar-refractivity contribution in [3.8, 4) is 0 Å². The Kier molecular flexibility index (Phi) is 4.18. The molecule has 0 amide bonds. The summed E-state index contributed by atoms with van der Waals surface area (Å²) in [6.07, 6.45) is 5.00. The van der Waals surface area contributed by atoms with E-state index in [4.69, 9.17) is 4.74 Å². The van der Waals surface area contributed by atoms with Crippen molar-refractivity contribution in [3.63, 3.8) is 0 Å². The number of benzene rings is 2. The summed E-state index contributed by atoms with van der Waals surface area (Å²) >= 11 is 0. The predicted octanol–water partition coefficient (Wildman–Crippen LogP) is 4.52. The fourth-order valence-electron chi connectivity index (χ4n) is 4.37. The maximum Gasteiger partial charge on any atom is 0.338 e. The molecule has 0 aromatic heterocycles. The lowest BCUT2D eigenvalue weighted by Gasteiger charge is -2.38. The SMILES string of the molecule is COC(=O)c1ccc(C)c2c1[C@@H]1C=CC[C@H]1[C@@H](c1ccccc1[N+](=O)[O-])N2. The van der Waals surface area contributed by atoms with Crippen molar-refractivity contribution < 1.29 is 14.5 Å². The lowest BCUT2D eigenvalue weighted by atomic mass is 9.74. The van der Waals surface area contributed by atoms with Gasteiger partial charge in [0, 0.05) is 17.7 Å². The van der Waals surface area contributed by atoms with Gasteiger partial charge < -0.3 is 10.1 Å². The number of carbonyl (C=O) groups is 1. The molecule has 0 bridgehead atoms. The van der Waals surface area contributed by atoms with Crippen LogP contribution in [-0.2, 0) is 4.74 Å². The smallest absolute Gasteiger partial charge is 0.338 e. The number of rotatable bonds is 3. The molecular weight excluding hydrogens is 344 g/mol. The molecular formula is C21H20N2O4. The molecule has 2 aromatic carbocycles. The number of allylic oxidation sites excluding steroid dienone is 2. The third-order valence-electron chi connectivity index (χ3n) is 5.60. The summed E-state index contributed by atoms with van der Waals surface area (Å²) in [5, 5.41) is 15.1. The Morgan fingerprint density at radius 2 is 2.04 bits per heavy atom. The number of nitrogens with one attached hydrogen (secondary N) is 1. The summed E-state index contributed by atoms with van der Waals surface area (Å²) in [7, 11) is 1.38. The average molecular weight is 364 g/mol. The molecule has 1 N–H and O–H groups in total. The highest BCUT2D eigenvalue weighted by Gasteiger charge is 2.42. The van der Waals surface area contributed by atoms with Gasteiger partial charge in [0.1, 0.15) is 0 Å². The fourth-order valence-corrected chi connectivity index (χ4v) is 4.37. The number of hydrogen-bond acceptors (Lipinski definition) is 5. The Balaban J connectivity index is 1.89. The van der Waals surface area contributed by atoms with Crippen LogP contribution in [0.5, 0.6) is 0 Å². The third kappa shape index (κ3) is 2.68. The van der Waals surface area contributed by atoms with Crippen molar-refractivity contribution in [1.29, 1.82) is 0 Å². The molecule has 3 atom stereocenters. The minimum absolute atomic E-state index is 0.0139. The van der Waals surface area contributed by atoms with E-state index in [1.807, 2.05) is 25.1 Å². The van der Waals surface area contributed by atoms with E-state index in [2.05, 4.69) is 17.5 Å². The number of methoxy groups -OCH3 is 1. The van der Waals surface area contributed by atoms with Crippen LogP contribution < -0.4 is 5.32 Å². The van der Waals surface area contributed by atoms with E-state index in [1.54, 1.807) is 18.2 Å². The normalized spacial score (nSPS) is 22.5. The molecule has 0 fully saturated rings. The van der Waals surface area contributed by atoms with Crippen molar-refractivity contribution in [2.75, 3.05) is 12.4 Å². The molecule has 27 heavy (non-hydrogen) atoms. The predicted molar refractivity (Wildman–Crippen MR) is 102 cm³/mol. The number of ether oxygens (including phenoxy) is 1. The standard InChI is InChI=1S/C21H20N2O4/c1-12-10-11-16(21(24)27-2)18-13-7-5-8-14(13)20(22-19(12)18)15-6-3-4-9-17(15)23(25)26/h3-7,9-11,13-14,20,22H,8H2,1-2H3/t13-,14-,20+/m1/s1. The third-order valence-corrected chi connectivity index (χ3v) is 5.60. The van der Waals surface area contributed by atoms with Gasteiger partial charge in [0.25, 0.3) is 5.69 Å². The van der Waals surface area contributed by atoms with Gasteiger partial charge in [-0.15, -0.1) is 0 Å². The summed E-state index contributed by atoms with van der Waals surface area (Å²) < 4.78 is 4.97. The first kappa shape index (κ1) is 17.3. The van der Waals surface area contributed by atoms with Gasteiger partial charge in [-0.25, -0.2) is 4.79 Å². The van der Waals surface area contributed by atoms with Gasteiger partial charge in [0.05, 0.1) is 29.2 Å². The number of aryl methyl sites for hydroxylation is 1. The number of anilines is 1. The van der Waals surface area contributed by atoms with Crippen molar-refractivity contribution in [2.24, 2.45) is 5.92 Å². The number of para-hydroxylation sites is 1. The maximum absolute atomic E-state index is 12.3. The zero-order valence-electron chi connectivity index (χ0n) is 15.1. The van der Waals surface area contributed by atoms with E-state index in [-0.39, 0.29) is 34.5 Å². The molecule has 1 aliphatic heterocycles. The van der Waals surface area contributed by atoms with E-state index in [0.29, 0.717) is 11.1 Å².